The fraction of sp³-hybridized carbons (Fsp3) is 0.409. The number of allylic oxidation sites excluding steroid dienone is 3. The summed E-state index contributed by atoms with van der Waals surface area (Å²) in [6.45, 7) is 1.84. The monoisotopic (exact) mass is 425 g/mol. The van der Waals surface area contributed by atoms with Crippen LogP contribution in [0.5, 0.6) is 11.5 Å². The molecule has 31 heavy (non-hydrogen) atoms. The van der Waals surface area contributed by atoms with E-state index in [4.69, 9.17) is 24.7 Å². The van der Waals surface area contributed by atoms with E-state index >= 15 is 0 Å². The van der Waals surface area contributed by atoms with Crippen molar-refractivity contribution in [2.75, 3.05) is 33.4 Å². The molecule has 1 amide bonds. The molecule has 1 atom stereocenters. The summed E-state index contributed by atoms with van der Waals surface area (Å²) < 4.78 is 21.8. The first-order chi connectivity index (χ1) is 15.0. The SMILES string of the molecule is COc1cc([C@H]2C(C#N)=C(N)OC3=C2C(=O)CCC3)ccc1OC(=O)N1CCOCC1. The molecular formula is C22H23N3O6. The zero-order chi connectivity index (χ0) is 22.0. The molecular weight excluding hydrogens is 402 g/mol. The number of carbonyl (C=O) groups is 2. The molecule has 1 aliphatic carbocycles. The lowest BCUT2D eigenvalue weighted by atomic mass is 9.77. The second-order valence-corrected chi connectivity index (χ2v) is 7.42. The summed E-state index contributed by atoms with van der Waals surface area (Å²) in [5, 5.41) is 9.70. The van der Waals surface area contributed by atoms with Crippen LogP contribution in [0.3, 0.4) is 0 Å². The van der Waals surface area contributed by atoms with E-state index in [9.17, 15) is 14.9 Å². The molecule has 9 nitrogen and oxygen atoms in total. The van der Waals surface area contributed by atoms with Gasteiger partial charge in [-0.05, 0) is 24.1 Å². The smallest absolute Gasteiger partial charge is 0.415 e. The molecule has 1 aromatic carbocycles. The van der Waals surface area contributed by atoms with E-state index in [0.717, 1.165) is 0 Å². The van der Waals surface area contributed by atoms with Crippen molar-refractivity contribution in [2.24, 2.45) is 5.73 Å². The van der Waals surface area contributed by atoms with Crippen molar-refractivity contribution in [3.63, 3.8) is 0 Å². The van der Waals surface area contributed by atoms with E-state index in [-0.39, 0.29) is 23.0 Å². The first-order valence-corrected chi connectivity index (χ1v) is 10.1. The van der Waals surface area contributed by atoms with Crippen molar-refractivity contribution in [2.45, 2.75) is 25.2 Å². The number of carbonyl (C=O) groups excluding carboxylic acids is 2. The zero-order valence-electron chi connectivity index (χ0n) is 17.2. The number of benzene rings is 1. The third-order valence-corrected chi connectivity index (χ3v) is 5.59. The number of nitrogens with two attached hydrogens (primary N) is 1. The van der Waals surface area contributed by atoms with E-state index in [1.807, 2.05) is 0 Å². The highest BCUT2D eigenvalue weighted by Crippen LogP contribution is 2.45. The number of ether oxygens (including phenoxy) is 4. The van der Waals surface area contributed by atoms with Crippen LogP contribution in [0.4, 0.5) is 4.79 Å². The summed E-state index contributed by atoms with van der Waals surface area (Å²) in [6, 6.07) is 7.05. The van der Waals surface area contributed by atoms with Crippen molar-refractivity contribution >= 4 is 11.9 Å². The zero-order valence-corrected chi connectivity index (χ0v) is 17.2. The molecule has 0 spiro atoms. The average Bonchev–Trinajstić information content (AvgIpc) is 2.79. The quantitative estimate of drug-likeness (QED) is 0.783. The van der Waals surface area contributed by atoms with Crippen LogP contribution in [-0.4, -0.2) is 50.2 Å². The maximum atomic E-state index is 12.7. The van der Waals surface area contributed by atoms with Crippen molar-refractivity contribution in [3.05, 3.63) is 46.6 Å². The Balaban J connectivity index is 1.68. The second-order valence-electron chi connectivity index (χ2n) is 7.42. The molecule has 0 saturated carbocycles. The summed E-state index contributed by atoms with van der Waals surface area (Å²) in [7, 11) is 1.46. The first-order valence-electron chi connectivity index (χ1n) is 10.1. The number of nitriles is 1. The minimum Gasteiger partial charge on any atom is -0.493 e. The minimum atomic E-state index is -0.653. The van der Waals surface area contributed by atoms with E-state index in [1.165, 1.54) is 7.11 Å². The number of amides is 1. The van der Waals surface area contributed by atoms with Crippen LogP contribution < -0.4 is 15.2 Å². The average molecular weight is 425 g/mol. The molecule has 2 N–H and O–H groups in total. The van der Waals surface area contributed by atoms with Crippen LogP contribution in [0, 0.1) is 11.3 Å². The Morgan fingerprint density at radius 3 is 2.74 bits per heavy atom. The Kier molecular flexibility index (Phi) is 5.82. The van der Waals surface area contributed by atoms with Crippen LogP contribution in [0.1, 0.15) is 30.7 Å². The highest BCUT2D eigenvalue weighted by atomic mass is 16.6. The van der Waals surface area contributed by atoms with Crippen molar-refractivity contribution in [1.82, 2.24) is 4.90 Å². The highest BCUT2D eigenvalue weighted by Gasteiger charge is 2.38. The van der Waals surface area contributed by atoms with Gasteiger partial charge >= 0.3 is 6.09 Å². The molecule has 9 heteroatoms. The number of hydrogen-bond acceptors (Lipinski definition) is 8. The largest absolute Gasteiger partial charge is 0.493 e. The number of hydrogen-bond donors (Lipinski definition) is 1. The van der Waals surface area contributed by atoms with E-state index in [2.05, 4.69) is 6.07 Å². The molecule has 1 fully saturated rings. The summed E-state index contributed by atoms with van der Waals surface area (Å²) in [5.41, 5.74) is 7.26. The van der Waals surface area contributed by atoms with Gasteiger partial charge in [0.25, 0.3) is 0 Å². The van der Waals surface area contributed by atoms with Gasteiger partial charge in [-0.1, -0.05) is 6.07 Å². The normalized spacial score (nSPS) is 21.2. The molecule has 4 rings (SSSR count). The predicted molar refractivity (Wildman–Crippen MR) is 108 cm³/mol. The van der Waals surface area contributed by atoms with Crippen molar-refractivity contribution in [3.8, 4) is 17.6 Å². The predicted octanol–water partition coefficient (Wildman–Crippen LogP) is 2.34. The third-order valence-electron chi connectivity index (χ3n) is 5.59. The first kappa shape index (κ1) is 20.8. The van der Waals surface area contributed by atoms with Crippen LogP contribution in [0.15, 0.2) is 41.0 Å². The maximum Gasteiger partial charge on any atom is 0.415 e. The van der Waals surface area contributed by atoms with Crippen LogP contribution in [0.2, 0.25) is 0 Å². The summed E-state index contributed by atoms with van der Waals surface area (Å²) in [5.74, 6) is 0.358. The summed E-state index contributed by atoms with van der Waals surface area (Å²) >= 11 is 0. The molecule has 0 unspecified atom stereocenters. The topological polar surface area (TPSA) is 124 Å². The van der Waals surface area contributed by atoms with Crippen molar-refractivity contribution in [1.29, 1.82) is 5.26 Å². The number of nitrogens with zero attached hydrogens (tertiary/aromatic N) is 2. The van der Waals surface area contributed by atoms with Gasteiger partial charge < -0.3 is 29.6 Å². The molecule has 0 aromatic heterocycles. The van der Waals surface area contributed by atoms with Gasteiger partial charge in [0, 0.05) is 31.5 Å². The molecule has 162 valence electrons. The molecule has 2 aliphatic heterocycles. The van der Waals surface area contributed by atoms with E-state index in [1.54, 1.807) is 23.1 Å². The lowest BCUT2D eigenvalue weighted by molar-refractivity contribution is -0.116. The number of morpholine rings is 1. The highest BCUT2D eigenvalue weighted by molar-refractivity contribution is 5.99. The Labute approximate surface area is 179 Å². The fourth-order valence-corrected chi connectivity index (χ4v) is 4.04. The Bertz CT molecular complexity index is 1020. The molecule has 1 aromatic rings. The van der Waals surface area contributed by atoms with Crippen LogP contribution in [0.25, 0.3) is 0 Å². The Hall–Kier alpha value is -3.51. The second kappa shape index (κ2) is 8.70. The van der Waals surface area contributed by atoms with Gasteiger partial charge in [-0.15, -0.1) is 0 Å². The molecule has 0 radical (unpaired) electrons. The third kappa shape index (κ3) is 3.94. The standard InChI is InChI=1S/C22H23N3O6/c1-28-18-11-13(5-6-16(18)31-22(27)25-7-9-29-10-8-25)19-14(12-23)21(24)30-17-4-2-3-15(26)20(17)19/h5-6,11,19H,2-4,7-10,24H2,1H3/t19-/m0/s1. The number of methoxy groups -OCH3 is 1. The lowest BCUT2D eigenvalue weighted by Crippen LogP contribution is -2.42. The Morgan fingerprint density at radius 1 is 1.26 bits per heavy atom. The number of rotatable bonds is 3. The molecule has 1 saturated heterocycles. The van der Waals surface area contributed by atoms with Crippen LogP contribution in [-0.2, 0) is 14.3 Å². The summed E-state index contributed by atoms with van der Waals surface area (Å²) in [4.78, 5) is 26.7. The number of Topliss-reactive ketones (excluding diaryl/α,β-unsaturated/α-hetero) is 1. The van der Waals surface area contributed by atoms with Crippen molar-refractivity contribution < 1.29 is 28.5 Å². The van der Waals surface area contributed by atoms with Gasteiger partial charge in [-0.25, -0.2) is 4.79 Å². The minimum absolute atomic E-state index is 0.00254. The van der Waals surface area contributed by atoms with Gasteiger partial charge in [-0.3, -0.25) is 4.79 Å². The maximum absolute atomic E-state index is 12.7. The summed E-state index contributed by atoms with van der Waals surface area (Å²) in [6.07, 6.45) is 1.17. The lowest BCUT2D eigenvalue weighted by Gasteiger charge is -2.31. The van der Waals surface area contributed by atoms with E-state index in [0.29, 0.717) is 68.2 Å². The fourth-order valence-electron chi connectivity index (χ4n) is 4.04. The van der Waals surface area contributed by atoms with Gasteiger partial charge in [0.05, 0.1) is 26.2 Å². The van der Waals surface area contributed by atoms with E-state index < -0.39 is 12.0 Å². The van der Waals surface area contributed by atoms with Crippen LogP contribution >= 0.6 is 0 Å². The van der Waals surface area contributed by atoms with Gasteiger partial charge in [0.2, 0.25) is 5.88 Å². The van der Waals surface area contributed by atoms with Gasteiger partial charge in [0.15, 0.2) is 17.3 Å². The molecule has 3 aliphatic rings. The number of ketones is 1. The van der Waals surface area contributed by atoms with Gasteiger partial charge in [-0.2, -0.15) is 5.26 Å². The molecule has 0 bridgehead atoms. The Morgan fingerprint density at radius 2 is 2.03 bits per heavy atom. The molecule has 2 heterocycles. The van der Waals surface area contributed by atoms with Gasteiger partial charge in [0.1, 0.15) is 17.4 Å².